The second kappa shape index (κ2) is 6.94. The molecule has 0 unspecified atom stereocenters. The normalized spacial score (nSPS) is 23.8. The first-order chi connectivity index (χ1) is 10.7. The molecular weight excluding hydrogens is 314 g/mol. The number of thiocarbonyl (C=S) groups is 1. The van der Waals surface area contributed by atoms with Gasteiger partial charge in [-0.25, -0.2) is 0 Å². The lowest BCUT2D eigenvalue weighted by Crippen LogP contribution is -2.35. The Bertz CT molecular complexity index is 604. The van der Waals surface area contributed by atoms with Crippen LogP contribution in [0.25, 0.3) is 6.08 Å². The molecule has 22 heavy (non-hydrogen) atoms. The van der Waals surface area contributed by atoms with Gasteiger partial charge in [-0.2, -0.15) is 0 Å². The maximum absolute atomic E-state index is 12.5. The first kappa shape index (κ1) is 15.7. The Labute approximate surface area is 140 Å². The first-order valence-corrected chi connectivity index (χ1v) is 8.85. The van der Waals surface area contributed by atoms with E-state index < -0.39 is 0 Å². The molecule has 2 fully saturated rings. The van der Waals surface area contributed by atoms with Gasteiger partial charge in [-0.05, 0) is 36.5 Å². The quantitative estimate of drug-likeness (QED) is 0.622. The molecule has 2 aliphatic rings. The predicted molar refractivity (Wildman–Crippen MR) is 94.7 cm³/mol. The maximum Gasteiger partial charge on any atom is 0.266 e. The number of rotatable bonds is 4. The van der Waals surface area contributed by atoms with Gasteiger partial charge in [0.2, 0.25) is 0 Å². The SMILES string of the molecule is CCc1ccc(/C=C2\SC(=S)N(C[C@H]3CCCO3)C2=O)cc1. The highest BCUT2D eigenvalue weighted by molar-refractivity contribution is 8.26. The van der Waals surface area contributed by atoms with Crippen molar-refractivity contribution in [1.82, 2.24) is 4.90 Å². The predicted octanol–water partition coefficient (Wildman–Crippen LogP) is 3.63. The molecule has 0 aromatic heterocycles. The van der Waals surface area contributed by atoms with Gasteiger partial charge in [0.05, 0.1) is 17.6 Å². The Hall–Kier alpha value is -1.17. The van der Waals surface area contributed by atoms with Gasteiger partial charge < -0.3 is 4.74 Å². The summed E-state index contributed by atoms with van der Waals surface area (Å²) < 4.78 is 6.24. The van der Waals surface area contributed by atoms with Gasteiger partial charge in [-0.1, -0.05) is 55.2 Å². The molecule has 116 valence electrons. The monoisotopic (exact) mass is 333 g/mol. The number of carbonyl (C=O) groups is 1. The van der Waals surface area contributed by atoms with Crippen LogP contribution in [0.5, 0.6) is 0 Å². The minimum absolute atomic E-state index is 0.00469. The second-order valence-corrected chi connectivity index (χ2v) is 7.20. The molecule has 0 spiro atoms. The summed E-state index contributed by atoms with van der Waals surface area (Å²) in [6.45, 7) is 3.50. The fourth-order valence-electron chi connectivity index (χ4n) is 2.65. The Balaban J connectivity index is 1.72. The van der Waals surface area contributed by atoms with E-state index in [9.17, 15) is 4.79 Å². The summed E-state index contributed by atoms with van der Waals surface area (Å²) in [5.74, 6) is 0.00469. The number of benzene rings is 1. The molecule has 0 N–H and O–H groups in total. The lowest BCUT2D eigenvalue weighted by atomic mass is 10.1. The molecule has 0 aliphatic carbocycles. The number of aryl methyl sites for hydroxylation is 1. The van der Waals surface area contributed by atoms with Gasteiger partial charge >= 0.3 is 0 Å². The van der Waals surface area contributed by atoms with Crippen LogP contribution in [0.3, 0.4) is 0 Å². The zero-order valence-corrected chi connectivity index (χ0v) is 14.2. The summed E-state index contributed by atoms with van der Waals surface area (Å²) in [6.07, 6.45) is 5.15. The van der Waals surface area contributed by atoms with E-state index in [0.717, 1.165) is 31.4 Å². The highest BCUT2D eigenvalue weighted by Gasteiger charge is 2.34. The van der Waals surface area contributed by atoms with Gasteiger partial charge in [-0.3, -0.25) is 9.69 Å². The molecule has 0 bridgehead atoms. The molecule has 2 saturated heterocycles. The van der Waals surface area contributed by atoms with Crippen molar-refractivity contribution >= 4 is 40.3 Å². The van der Waals surface area contributed by atoms with E-state index in [0.29, 0.717) is 15.8 Å². The third kappa shape index (κ3) is 3.42. The van der Waals surface area contributed by atoms with Crippen molar-refractivity contribution in [2.75, 3.05) is 13.2 Å². The Morgan fingerprint density at radius 2 is 2.18 bits per heavy atom. The van der Waals surface area contributed by atoms with E-state index in [1.807, 2.05) is 18.2 Å². The average molecular weight is 333 g/mol. The molecular formula is C17H19NO2S2. The molecule has 1 aromatic rings. The summed E-state index contributed by atoms with van der Waals surface area (Å²) >= 11 is 6.74. The smallest absolute Gasteiger partial charge is 0.266 e. The van der Waals surface area contributed by atoms with Gasteiger partial charge in [0, 0.05) is 6.61 Å². The van der Waals surface area contributed by atoms with Crippen molar-refractivity contribution in [2.45, 2.75) is 32.3 Å². The summed E-state index contributed by atoms with van der Waals surface area (Å²) in [5, 5.41) is 0. The van der Waals surface area contributed by atoms with E-state index in [2.05, 4.69) is 19.1 Å². The first-order valence-electron chi connectivity index (χ1n) is 7.63. The van der Waals surface area contributed by atoms with Crippen molar-refractivity contribution < 1.29 is 9.53 Å². The highest BCUT2D eigenvalue weighted by atomic mass is 32.2. The highest BCUT2D eigenvalue weighted by Crippen LogP contribution is 2.33. The topological polar surface area (TPSA) is 29.5 Å². The number of amides is 1. The van der Waals surface area contributed by atoms with Crippen molar-refractivity contribution in [3.63, 3.8) is 0 Å². The van der Waals surface area contributed by atoms with E-state index in [-0.39, 0.29) is 12.0 Å². The van der Waals surface area contributed by atoms with Crippen molar-refractivity contribution in [3.05, 3.63) is 40.3 Å². The molecule has 3 rings (SSSR count). The fraction of sp³-hybridized carbons (Fsp3) is 0.412. The second-order valence-electron chi connectivity index (χ2n) is 5.52. The number of thioether (sulfide) groups is 1. The third-order valence-corrected chi connectivity index (χ3v) is 5.35. The van der Waals surface area contributed by atoms with E-state index >= 15 is 0 Å². The van der Waals surface area contributed by atoms with Crippen LogP contribution in [0.2, 0.25) is 0 Å². The largest absolute Gasteiger partial charge is 0.376 e. The molecule has 1 amide bonds. The Morgan fingerprint density at radius 1 is 1.41 bits per heavy atom. The lowest BCUT2D eigenvalue weighted by Gasteiger charge is -2.18. The van der Waals surface area contributed by atoms with Gasteiger partial charge in [0.1, 0.15) is 4.32 Å². The van der Waals surface area contributed by atoms with Crippen molar-refractivity contribution in [3.8, 4) is 0 Å². The van der Waals surface area contributed by atoms with Crippen LogP contribution in [0.4, 0.5) is 0 Å². The molecule has 2 heterocycles. The third-order valence-electron chi connectivity index (χ3n) is 3.97. The van der Waals surface area contributed by atoms with E-state index in [1.54, 1.807) is 4.90 Å². The Kier molecular flexibility index (Phi) is 4.96. The van der Waals surface area contributed by atoms with Gasteiger partial charge in [0.15, 0.2) is 0 Å². The summed E-state index contributed by atoms with van der Waals surface area (Å²) in [6, 6.07) is 8.29. The minimum atomic E-state index is 0.00469. The van der Waals surface area contributed by atoms with Crippen molar-refractivity contribution in [1.29, 1.82) is 0 Å². The molecule has 1 atom stereocenters. The van der Waals surface area contributed by atoms with Crippen LogP contribution in [0.15, 0.2) is 29.2 Å². The number of hydrogen-bond acceptors (Lipinski definition) is 4. The summed E-state index contributed by atoms with van der Waals surface area (Å²) in [4.78, 5) is 14.9. The van der Waals surface area contributed by atoms with E-state index in [4.69, 9.17) is 17.0 Å². The number of nitrogens with zero attached hydrogens (tertiary/aromatic N) is 1. The maximum atomic E-state index is 12.5. The molecule has 1 aromatic carbocycles. The molecule has 0 saturated carbocycles. The van der Waals surface area contributed by atoms with Crippen LogP contribution in [0.1, 0.15) is 30.9 Å². The van der Waals surface area contributed by atoms with Crippen LogP contribution >= 0.6 is 24.0 Å². The van der Waals surface area contributed by atoms with E-state index in [1.165, 1.54) is 17.3 Å². The fourth-order valence-corrected chi connectivity index (χ4v) is 3.93. The zero-order valence-electron chi connectivity index (χ0n) is 12.6. The van der Waals surface area contributed by atoms with Gasteiger partial charge in [-0.15, -0.1) is 0 Å². The Morgan fingerprint density at radius 3 is 2.82 bits per heavy atom. The molecule has 0 radical (unpaired) electrons. The van der Waals surface area contributed by atoms with Crippen LogP contribution in [-0.4, -0.2) is 34.4 Å². The number of carbonyl (C=O) groups excluding carboxylic acids is 1. The summed E-state index contributed by atoms with van der Waals surface area (Å²) in [5.41, 5.74) is 2.33. The van der Waals surface area contributed by atoms with Crippen LogP contribution < -0.4 is 0 Å². The molecule has 2 aliphatic heterocycles. The molecule has 5 heteroatoms. The van der Waals surface area contributed by atoms with Crippen LogP contribution in [-0.2, 0) is 16.0 Å². The summed E-state index contributed by atoms with van der Waals surface area (Å²) in [7, 11) is 0. The van der Waals surface area contributed by atoms with Crippen molar-refractivity contribution in [2.24, 2.45) is 0 Å². The lowest BCUT2D eigenvalue weighted by molar-refractivity contribution is -0.123. The molecule has 3 nitrogen and oxygen atoms in total. The standard InChI is InChI=1S/C17H19NO2S2/c1-2-12-5-7-13(8-6-12)10-15-16(19)18(17(21)22-15)11-14-4-3-9-20-14/h5-8,10,14H,2-4,9,11H2,1H3/b15-10-/t14-/m1/s1. The number of ether oxygens (including phenoxy) is 1. The average Bonchev–Trinajstić information content (AvgIpc) is 3.13. The number of hydrogen-bond donors (Lipinski definition) is 0. The van der Waals surface area contributed by atoms with Gasteiger partial charge in [0.25, 0.3) is 5.91 Å². The zero-order chi connectivity index (χ0) is 15.5. The van der Waals surface area contributed by atoms with Crippen LogP contribution in [0, 0.1) is 0 Å². The minimum Gasteiger partial charge on any atom is -0.376 e.